The highest BCUT2D eigenvalue weighted by atomic mass is 16.3. The highest BCUT2D eigenvalue weighted by Gasteiger charge is 2.19. The number of piperidine rings is 1. The number of nitrogens with zero attached hydrogens (tertiary/aromatic N) is 2. The minimum Gasteiger partial charge on any atom is -0.399 e. The van der Waals surface area contributed by atoms with Gasteiger partial charge in [-0.2, -0.15) is 5.26 Å². The summed E-state index contributed by atoms with van der Waals surface area (Å²) in [5.74, 6) is 0. The van der Waals surface area contributed by atoms with E-state index in [2.05, 4.69) is 11.0 Å². The first-order chi connectivity index (χ1) is 9.20. The predicted octanol–water partition coefficient (Wildman–Crippen LogP) is 2.32. The van der Waals surface area contributed by atoms with Gasteiger partial charge in [0.15, 0.2) is 0 Å². The van der Waals surface area contributed by atoms with Gasteiger partial charge in [0.25, 0.3) is 0 Å². The smallest absolute Gasteiger partial charge is 0.0670 e. The van der Waals surface area contributed by atoms with Gasteiger partial charge >= 0.3 is 0 Å². The molecular weight excluding hydrogens is 238 g/mol. The molecule has 0 amide bonds. The number of nitrogens with two attached hydrogens (primary N) is 1. The molecule has 1 aromatic rings. The monoisotopic (exact) mass is 261 g/mol. The van der Waals surface area contributed by atoms with Crippen LogP contribution in [0.1, 0.15) is 32.3 Å². The number of aliphatic hydroxyl groups excluding tert-OH is 1. The van der Waals surface area contributed by atoms with E-state index in [1.54, 1.807) is 0 Å². The van der Waals surface area contributed by atoms with Crippen LogP contribution in [0.15, 0.2) is 18.2 Å². The molecule has 0 aliphatic carbocycles. The van der Waals surface area contributed by atoms with Crippen molar-refractivity contribution in [2.45, 2.75) is 39.2 Å². The molecule has 104 valence electrons. The molecule has 4 heteroatoms. The maximum Gasteiger partial charge on any atom is 0.0670 e. The molecule has 1 aromatic carbocycles. The first-order valence-corrected chi connectivity index (χ1v) is 6.89. The Morgan fingerprint density at radius 1 is 1.37 bits per heavy atom. The maximum atomic E-state index is 9.49. The van der Waals surface area contributed by atoms with Gasteiger partial charge in [-0.25, -0.2) is 0 Å². The molecule has 1 aliphatic rings. The Morgan fingerprint density at radius 3 is 2.58 bits per heavy atom. The van der Waals surface area contributed by atoms with E-state index >= 15 is 0 Å². The topological polar surface area (TPSA) is 73.3 Å². The van der Waals surface area contributed by atoms with Crippen LogP contribution in [0.5, 0.6) is 0 Å². The number of rotatable bonds is 2. The average molecular weight is 261 g/mol. The molecule has 0 atom stereocenters. The van der Waals surface area contributed by atoms with Gasteiger partial charge in [0.05, 0.1) is 18.6 Å². The summed E-state index contributed by atoms with van der Waals surface area (Å²) in [7, 11) is 0. The van der Waals surface area contributed by atoms with Crippen molar-refractivity contribution in [3.8, 4) is 6.07 Å². The van der Waals surface area contributed by atoms with Gasteiger partial charge in [-0.15, -0.1) is 0 Å². The largest absolute Gasteiger partial charge is 0.399 e. The lowest BCUT2D eigenvalue weighted by atomic mass is 10.0. The van der Waals surface area contributed by atoms with E-state index in [1.165, 1.54) is 0 Å². The van der Waals surface area contributed by atoms with E-state index in [4.69, 9.17) is 11.0 Å². The van der Waals surface area contributed by atoms with Crippen molar-refractivity contribution >= 4 is 11.4 Å². The van der Waals surface area contributed by atoms with Crippen LogP contribution in [0.4, 0.5) is 11.4 Å². The highest BCUT2D eigenvalue weighted by Crippen LogP contribution is 2.26. The molecule has 0 spiro atoms. The van der Waals surface area contributed by atoms with Crippen LogP contribution in [0.2, 0.25) is 0 Å². The molecule has 1 fully saturated rings. The summed E-state index contributed by atoms with van der Waals surface area (Å²) in [6, 6.07) is 7.87. The first-order valence-electron chi connectivity index (χ1n) is 6.89. The Bertz CT molecular complexity index is 432. The minimum atomic E-state index is -0.181. The summed E-state index contributed by atoms with van der Waals surface area (Å²) < 4.78 is 0. The molecule has 0 saturated carbocycles. The molecule has 19 heavy (non-hydrogen) atoms. The summed E-state index contributed by atoms with van der Waals surface area (Å²) in [5.41, 5.74) is 8.48. The van der Waals surface area contributed by atoms with Crippen LogP contribution in [0, 0.1) is 11.3 Å². The molecule has 1 heterocycles. The van der Waals surface area contributed by atoms with Crippen LogP contribution in [0.3, 0.4) is 0 Å². The van der Waals surface area contributed by atoms with Crippen molar-refractivity contribution in [3.63, 3.8) is 0 Å². The van der Waals surface area contributed by atoms with Crippen LogP contribution in [-0.2, 0) is 6.42 Å². The normalized spacial score (nSPS) is 15.4. The fourth-order valence-electron chi connectivity index (χ4n) is 2.25. The number of hydrogen-bond donors (Lipinski definition) is 2. The quantitative estimate of drug-likeness (QED) is 0.801. The van der Waals surface area contributed by atoms with E-state index in [0.29, 0.717) is 12.1 Å². The lowest BCUT2D eigenvalue weighted by Crippen LogP contribution is -2.36. The zero-order valence-electron chi connectivity index (χ0n) is 11.8. The number of anilines is 2. The SMILES string of the molecule is CC.N#CCc1cc(N)ccc1N1CCC(O)CC1. The Morgan fingerprint density at radius 2 is 2.00 bits per heavy atom. The Hall–Kier alpha value is -1.73. The Labute approximate surface area is 115 Å². The second-order valence-electron chi connectivity index (χ2n) is 4.44. The van der Waals surface area contributed by atoms with E-state index < -0.39 is 0 Å². The van der Waals surface area contributed by atoms with Crippen molar-refractivity contribution in [2.75, 3.05) is 23.7 Å². The van der Waals surface area contributed by atoms with Crippen LogP contribution in [-0.4, -0.2) is 24.3 Å². The summed E-state index contributed by atoms with van der Waals surface area (Å²) in [6.07, 6.45) is 1.77. The van der Waals surface area contributed by atoms with E-state index in [-0.39, 0.29) is 6.10 Å². The number of nitriles is 1. The van der Waals surface area contributed by atoms with E-state index in [1.807, 2.05) is 32.0 Å². The zero-order valence-corrected chi connectivity index (χ0v) is 11.8. The van der Waals surface area contributed by atoms with Crippen molar-refractivity contribution in [2.24, 2.45) is 0 Å². The minimum absolute atomic E-state index is 0.181. The molecule has 0 unspecified atom stereocenters. The van der Waals surface area contributed by atoms with Crippen LogP contribution >= 0.6 is 0 Å². The average Bonchev–Trinajstić information content (AvgIpc) is 2.43. The van der Waals surface area contributed by atoms with Gasteiger partial charge in [0, 0.05) is 24.5 Å². The lowest BCUT2D eigenvalue weighted by Gasteiger charge is -2.32. The van der Waals surface area contributed by atoms with E-state index in [0.717, 1.165) is 37.2 Å². The van der Waals surface area contributed by atoms with Crippen molar-refractivity contribution in [3.05, 3.63) is 23.8 Å². The number of benzene rings is 1. The molecule has 0 radical (unpaired) electrons. The van der Waals surface area contributed by atoms with E-state index in [9.17, 15) is 5.11 Å². The molecule has 0 bridgehead atoms. The third kappa shape index (κ3) is 4.15. The third-order valence-corrected chi connectivity index (χ3v) is 3.18. The summed E-state index contributed by atoms with van der Waals surface area (Å²) in [4.78, 5) is 2.22. The number of hydrogen-bond acceptors (Lipinski definition) is 4. The van der Waals surface area contributed by atoms with Crippen molar-refractivity contribution < 1.29 is 5.11 Å². The number of aliphatic hydroxyl groups is 1. The van der Waals surface area contributed by atoms with Gasteiger partial charge in [-0.3, -0.25) is 0 Å². The standard InChI is InChI=1S/C13H17N3O.C2H6/c14-6-3-10-9-11(15)1-2-13(10)16-7-4-12(17)5-8-16;1-2/h1-2,9,12,17H,3-5,7-8,15H2;1-2H3. The molecule has 0 aromatic heterocycles. The zero-order chi connectivity index (χ0) is 14.3. The van der Waals surface area contributed by atoms with Gasteiger partial charge in [-0.05, 0) is 36.6 Å². The first kappa shape index (κ1) is 15.3. The molecule has 2 rings (SSSR count). The second-order valence-corrected chi connectivity index (χ2v) is 4.44. The summed E-state index contributed by atoms with van der Waals surface area (Å²) >= 11 is 0. The van der Waals surface area contributed by atoms with Crippen LogP contribution < -0.4 is 10.6 Å². The van der Waals surface area contributed by atoms with Crippen molar-refractivity contribution in [1.82, 2.24) is 0 Å². The van der Waals surface area contributed by atoms with Gasteiger partial charge in [0.2, 0.25) is 0 Å². The lowest BCUT2D eigenvalue weighted by molar-refractivity contribution is 0.145. The Kier molecular flexibility index (Phi) is 6.17. The number of nitrogen functional groups attached to an aromatic ring is 1. The Balaban J connectivity index is 0.000000861. The second kappa shape index (κ2) is 7.65. The van der Waals surface area contributed by atoms with Crippen LogP contribution in [0.25, 0.3) is 0 Å². The predicted molar refractivity (Wildman–Crippen MR) is 79.0 cm³/mol. The fourth-order valence-corrected chi connectivity index (χ4v) is 2.25. The molecule has 1 aliphatic heterocycles. The fraction of sp³-hybridized carbons (Fsp3) is 0.533. The van der Waals surface area contributed by atoms with Crippen molar-refractivity contribution in [1.29, 1.82) is 5.26 Å². The van der Waals surface area contributed by atoms with Gasteiger partial charge in [-0.1, -0.05) is 13.8 Å². The summed E-state index contributed by atoms with van der Waals surface area (Å²) in [6.45, 7) is 5.67. The summed E-state index contributed by atoms with van der Waals surface area (Å²) in [5, 5.41) is 18.3. The third-order valence-electron chi connectivity index (χ3n) is 3.18. The highest BCUT2D eigenvalue weighted by molar-refractivity contribution is 5.60. The molecular formula is C15H23N3O. The van der Waals surface area contributed by atoms with Gasteiger partial charge in [0.1, 0.15) is 0 Å². The maximum absolute atomic E-state index is 9.49. The molecule has 4 nitrogen and oxygen atoms in total. The molecule has 1 saturated heterocycles. The molecule has 3 N–H and O–H groups in total. The van der Waals surface area contributed by atoms with Gasteiger partial charge < -0.3 is 15.7 Å².